The molecule has 2 rings (SSSR count). The third kappa shape index (κ3) is 2.98. The Morgan fingerprint density at radius 3 is 3.00 bits per heavy atom. The topological polar surface area (TPSA) is 51.0 Å². The summed E-state index contributed by atoms with van der Waals surface area (Å²) < 4.78 is 18.5. The molecule has 0 aliphatic carbocycles. The largest absolute Gasteiger partial charge is 0.338 e. The molecule has 0 aliphatic rings. The molecule has 0 fully saturated rings. The molecule has 0 radical (unpaired) electrons. The number of nitrogens with one attached hydrogen (secondary N) is 1. The molecule has 0 bridgehead atoms. The van der Waals surface area contributed by atoms with Crippen LogP contribution < -0.4 is 5.32 Å². The van der Waals surface area contributed by atoms with Gasteiger partial charge in [-0.25, -0.2) is 4.39 Å². The SMILES string of the molecule is CCCNc1nc(Cc2c(F)cccc2Cl)no1. The minimum absolute atomic E-state index is 0.211. The first kappa shape index (κ1) is 12.8. The fourth-order valence-electron chi connectivity index (χ4n) is 1.49. The molecule has 0 saturated heterocycles. The maximum atomic E-state index is 13.6. The second kappa shape index (κ2) is 5.82. The van der Waals surface area contributed by atoms with Crippen molar-refractivity contribution in [2.75, 3.05) is 11.9 Å². The van der Waals surface area contributed by atoms with Gasteiger partial charge in [0.1, 0.15) is 5.82 Å². The van der Waals surface area contributed by atoms with Gasteiger partial charge in [-0.1, -0.05) is 29.7 Å². The van der Waals surface area contributed by atoms with Gasteiger partial charge >= 0.3 is 6.01 Å². The predicted octanol–water partition coefficient (Wildman–Crippen LogP) is 3.27. The Morgan fingerprint density at radius 2 is 2.28 bits per heavy atom. The van der Waals surface area contributed by atoms with Crippen molar-refractivity contribution < 1.29 is 8.91 Å². The van der Waals surface area contributed by atoms with Gasteiger partial charge in [-0.3, -0.25) is 0 Å². The van der Waals surface area contributed by atoms with E-state index in [0.717, 1.165) is 13.0 Å². The van der Waals surface area contributed by atoms with E-state index in [1.807, 2.05) is 6.92 Å². The lowest BCUT2D eigenvalue weighted by molar-refractivity contribution is 0.423. The Hall–Kier alpha value is -1.62. The maximum Gasteiger partial charge on any atom is 0.321 e. The van der Waals surface area contributed by atoms with E-state index < -0.39 is 0 Å². The van der Waals surface area contributed by atoms with Gasteiger partial charge < -0.3 is 9.84 Å². The van der Waals surface area contributed by atoms with Crippen molar-refractivity contribution in [2.45, 2.75) is 19.8 Å². The van der Waals surface area contributed by atoms with Crippen LogP contribution in [0.1, 0.15) is 24.7 Å². The van der Waals surface area contributed by atoms with E-state index in [2.05, 4.69) is 15.5 Å². The van der Waals surface area contributed by atoms with Crippen molar-refractivity contribution in [3.8, 4) is 0 Å². The van der Waals surface area contributed by atoms with Crippen molar-refractivity contribution in [3.63, 3.8) is 0 Å². The van der Waals surface area contributed by atoms with Crippen LogP contribution in [0, 0.1) is 5.82 Å². The van der Waals surface area contributed by atoms with Gasteiger partial charge in [-0.15, -0.1) is 0 Å². The van der Waals surface area contributed by atoms with E-state index in [4.69, 9.17) is 16.1 Å². The van der Waals surface area contributed by atoms with Crippen LogP contribution >= 0.6 is 11.6 Å². The zero-order chi connectivity index (χ0) is 13.0. The van der Waals surface area contributed by atoms with Gasteiger partial charge in [-0.05, 0) is 18.6 Å². The van der Waals surface area contributed by atoms with Crippen LogP contribution in [0.2, 0.25) is 5.02 Å². The van der Waals surface area contributed by atoms with Gasteiger partial charge in [0, 0.05) is 23.6 Å². The first-order valence-corrected chi connectivity index (χ1v) is 6.08. The number of aromatic nitrogens is 2. The van der Waals surface area contributed by atoms with Crippen LogP contribution in [0.3, 0.4) is 0 Å². The average Bonchev–Trinajstić information content (AvgIpc) is 2.79. The number of hydrogen-bond donors (Lipinski definition) is 1. The monoisotopic (exact) mass is 269 g/mol. The summed E-state index contributed by atoms with van der Waals surface area (Å²) >= 11 is 5.93. The summed E-state index contributed by atoms with van der Waals surface area (Å²) in [4.78, 5) is 4.11. The van der Waals surface area contributed by atoms with E-state index in [1.54, 1.807) is 12.1 Å². The van der Waals surface area contributed by atoms with Crippen molar-refractivity contribution in [2.24, 2.45) is 0 Å². The third-order valence-corrected chi connectivity index (χ3v) is 2.75. The van der Waals surface area contributed by atoms with E-state index in [-0.39, 0.29) is 12.2 Å². The molecule has 4 nitrogen and oxygen atoms in total. The van der Waals surface area contributed by atoms with Gasteiger partial charge in [0.25, 0.3) is 0 Å². The van der Waals surface area contributed by atoms with E-state index in [9.17, 15) is 4.39 Å². The molecule has 1 N–H and O–H groups in total. The molecule has 1 aromatic heterocycles. The fourth-order valence-corrected chi connectivity index (χ4v) is 1.72. The zero-order valence-corrected chi connectivity index (χ0v) is 10.7. The molecule has 6 heteroatoms. The lowest BCUT2D eigenvalue weighted by atomic mass is 10.1. The first-order chi connectivity index (χ1) is 8.70. The third-order valence-electron chi connectivity index (χ3n) is 2.39. The Labute approximate surface area is 109 Å². The average molecular weight is 270 g/mol. The van der Waals surface area contributed by atoms with E-state index >= 15 is 0 Å². The molecule has 18 heavy (non-hydrogen) atoms. The van der Waals surface area contributed by atoms with Gasteiger partial charge in [0.05, 0.1) is 0 Å². The highest BCUT2D eigenvalue weighted by atomic mass is 35.5. The lowest BCUT2D eigenvalue weighted by Crippen LogP contribution is -2.00. The van der Waals surface area contributed by atoms with Crippen LogP contribution in [0.25, 0.3) is 0 Å². The molecule has 0 spiro atoms. The minimum atomic E-state index is -0.365. The normalized spacial score (nSPS) is 10.6. The Balaban J connectivity index is 2.11. The number of rotatable bonds is 5. The standard InChI is InChI=1S/C12H13ClFN3O/c1-2-6-15-12-16-11(17-18-12)7-8-9(13)4-3-5-10(8)14/h3-5H,2,6-7H2,1H3,(H,15,16,17). The summed E-state index contributed by atoms with van der Waals surface area (Å²) in [6.45, 7) is 2.78. The maximum absolute atomic E-state index is 13.6. The summed E-state index contributed by atoms with van der Waals surface area (Å²) in [5.74, 6) is 0.0379. The summed E-state index contributed by atoms with van der Waals surface area (Å²) in [6.07, 6.45) is 1.17. The van der Waals surface area contributed by atoms with Crippen molar-refractivity contribution >= 4 is 17.6 Å². The summed E-state index contributed by atoms with van der Waals surface area (Å²) in [5.41, 5.74) is 0.377. The summed E-state index contributed by atoms with van der Waals surface area (Å²) in [6, 6.07) is 4.90. The van der Waals surface area contributed by atoms with Gasteiger partial charge in [0.15, 0.2) is 5.82 Å². The fraction of sp³-hybridized carbons (Fsp3) is 0.333. The molecule has 0 atom stereocenters. The summed E-state index contributed by atoms with van der Waals surface area (Å²) in [7, 11) is 0. The van der Waals surface area contributed by atoms with Crippen molar-refractivity contribution in [1.29, 1.82) is 0 Å². The molecular formula is C12H13ClFN3O. The van der Waals surface area contributed by atoms with Gasteiger partial charge in [0.2, 0.25) is 0 Å². The zero-order valence-electron chi connectivity index (χ0n) is 9.91. The van der Waals surface area contributed by atoms with Crippen LogP contribution in [0.5, 0.6) is 0 Å². The van der Waals surface area contributed by atoms with Crippen LogP contribution in [-0.4, -0.2) is 16.7 Å². The van der Waals surface area contributed by atoms with E-state index in [1.165, 1.54) is 6.07 Å². The summed E-state index contributed by atoms with van der Waals surface area (Å²) in [5, 5.41) is 7.10. The highest BCUT2D eigenvalue weighted by molar-refractivity contribution is 6.31. The van der Waals surface area contributed by atoms with Crippen LogP contribution in [0.15, 0.2) is 22.7 Å². The number of benzene rings is 1. The number of nitrogens with zero attached hydrogens (tertiary/aromatic N) is 2. The smallest absolute Gasteiger partial charge is 0.321 e. The lowest BCUT2D eigenvalue weighted by Gasteiger charge is -2.01. The molecule has 2 aromatic rings. The number of anilines is 1. The highest BCUT2D eigenvalue weighted by Gasteiger charge is 2.12. The quantitative estimate of drug-likeness (QED) is 0.905. The molecule has 1 heterocycles. The van der Waals surface area contributed by atoms with Crippen LogP contribution in [0.4, 0.5) is 10.4 Å². The molecule has 0 amide bonds. The van der Waals surface area contributed by atoms with Gasteiger partial charge in [-0.2, -0.15) is 4.98 Å². The Kier molecular flexibility index (Phi) is 4.15. The van der Waals surface area contributed by atoms with Crippen LogP contribution in [-0.2, 0) is 6.42 Å². The van der Waals surface area contributed by atoms with Crippen molar-refractivity contribution in [1.82, 2.24) is 10.1 Å². The Morgan fingerprint density at radius 1 is 1.44 bits per heavy atom. The molecule has 0 aliphatic heterocycles. The molecule has 96 valence electrons. The van der Waals surface area contributed by atoms with E-state index in [0.29, 0.717) is 22.4 Å². The van der Waals surface area contributed by atoms with Crippen molar-refractivity contribution in [3.05, 3.63) is 40.4 Å². The minimum Gasteiger partial charge on any atom is -0.338 e. The number of halogens is 2. The molecule has 0 saturated carbocycles. The number of hydrogen-bond acceptors (Lipinski definition) is 4. The molecule has 0 unspecified atom stereocenters. The first-order valence-electron chi connectivity index (χ1n) is 5.70. The molecule has 1 aromatic carbocycles. The Bertz CT molecular complexity index is 510. The second-order valence-corrected chi connectivity index (χ2v) is 4.23. The molecular weight excluding hydrogens is 257 g/mol. The highest BCUT2D eigenvalue weighted by Crippen LogP contribution is 2.21. The predicted molar refractivity (Wildman–Crippen MR) is 67.3 cm³/mol. The second-order valence-electron chi connectivity index (χ2n) is 3.82.